The molecular weight excluding hydrogens is 220 g/mol. The maximum atomic E-state index is 11.1. The molecule has 0 unspecified atom stereocenters. The lowest BCUT2D eigenvalue weighted by Gasteiger charge is -2.06. The lowest BCUT2D eigenvalue weighted by molar-refractivity contribution is 0.0697. The second-order valence-corrected chi connectivity index (χ2v) is 4.10. The van der Waals surface area contributed by atoms with Crippen LogP contribution >= 0.6 is 11.3 Å². The molecule has 0 spiro atoms. The maximum Gasteiger partial charge on any atom is 0.336 e. The molecule has 0 aliphatic heterocycles. The fraction of sp³-hybridized carbons (Fsp3) is 0. The lowest BCUT2D eigenvalue weighted by Crippen LogP contribution is -2.00. The highest BCUT2D eigenvalue weighted by Crippen LogP contribution is 2.31. The number of carboxylic acid groups (broad SMARTS) is 1. The van der Waals surface area contributed by atoms with Crippen molar-refractivity contribution < 1.29 is 9.90 Å². The van der Waals surface area contributed by atoms with Crippen molar-refractivity contribution in [2.45, 2.75) is 0 Å². The van der Waals surface area contributed by atoms with E-state index in [4.69, 9.17) is 11.5 Å². The van der Waals surface area contributed by atoms with Gasteiger partial charge in [0.2, 0.25) is 0 Å². The number of thiophene rings is 1. The van der Waals surface area contributed by atoms with Gasteiger partial charge >= 0.3 is 5.97 Å². The van der Waals surface area contributed by atoms with Gasteiger partial charge in [-0.2, -0.15) is 0 Å². The minimum Gasteiger partial charge on any atom is -0.478 e. The highest BCUT2D eigenvalue weighted by Gasteiger charge is 2.15. The largest absolute Gasteiger partial charge is 0.478 e. The van der Waals surface area contributed by atoms with Gasteiger partial charge in [-0.15, -0.1) is 17.8 Å². The Balaban J connectivity index is 2.75. The van der Waals surface area contributed by atoms with Crippen molar-refractivity contribution in [3.8, 4) is 22.8 Å². The summed E-state index contributed by atoms with van der Waals surface area (Å²) in [5.41, 5.74) is 1.49. The van der Waals surface area contributed by atoms with Gasteiger partial charge in [-0.25, -0.2) is 4.79 Å². The molecule has 0 amide bonds. The van der Waals surface area contributed by atoms with Gasteiger partial charge in [0.05, 0.1) is 5.56 Å². The Bertz CT molecular complexity index is 562. The average Bonchev–Trinajstić information content (AvgIpc) is 2.81. The summed E-state index contributed by atoms with van der Waals surface area (Å²) in [5, 5.41) is 11.0. The van der Waals surface area contributed by atoms with Crippen molar-refractivity contribution in [2.75, 3.05) is 0 Å². The summed E-state index contributed by atoms with van der Waals surface area (Å²) in [6.45, 7) is 0. The van der Waals surface area contributed by atoms with E-state index in [1.54, 1.807) is 18.2 Å². The van der Waals surface area contributed by atoms with E-state index >= 15 is 0 Å². The van der Waals surface area contributed by atoms with E-state index in [0.717, 1.165) is 4.88 Å². The van der Waals surface area contributed by atoms with Gasteiger partial charge in [-0.05, 0) is 23.6 Å². The third-order valence-electron chi connectivity index (χ3n) is 2.22. The van der Waals surface area contributed by atoms with Crippen molar-refractivity contribution >= 4 is 17.3 Å². The van der Waals surface area contributed by atoms with E-state index in [1.807, 2.05) is 17.5 Å². The Hall–Kier alpha value is -2.05. The zero-order valence-corrected chi connectivity index (χ0v) is 9.12. The van der Waals surface area contributed by atoms with Crippen molar-refractivity contribution in [3.05, 3.63) is 46.8 Å². The van der Waals surface area contributed by atoms with Crippen LogP contribution in [0.2, 0.25) is 0 Å². The van der Waals surface area contributed by atoms with Crippen LogP contribution in [0.1, 0.15) is 15.9 Å². The van der Waals surface area contributed by atoms with E-state index in [-0.39, 0.29) is 5.56 Å². The Morgan fingerprint density at radius 2 is 2.12 bits per heavy atom. The number of aromatic carboxylic acids is 1. The summed E-state index contributed by atoms with van der Waals surface area (Å²) in [6.07, 6.45) is 5.39. The second kappa shape index (κ2) is 4.21. The van der Waals surface area contributed by atoms with Gasteiger partial charge in [-0.3, -0.25) is 0 Å². The van der Waals surface area contributed by atoms with Crippen molar-refractivity contribution in [3.63, 3.8) is 0 Å². The van der Waals surface area contributed by atoms with Gasteiger partial charge < -0.3 is 5.11 Å². The number of terminal acetylenes is 1. The zero-order chi connectivity index (χ0) is 11.5. The van der Waals surface area contributed by atoms with Crippen LogP contribution in [0.3, 0.4) is 0 Å². The number of hydrogen-bond donors (Lipinski definition) is 1. The van der Waals surface area contributed by atoms with Gasteiger partial charge in [0, 0.05) is 16.0 Å². The molecule has 78 valence electrons. The summed E-state index contributed by atoms with van der Waals surface area (Å²) in [4.78, 5) is 12.0. The Kier molecular flexibility index (Phi) is 2.76. The third-order valence-corrected chi connectivity index (χ3v) is 3.11. The summed E-state index contributed by atoms with van der Waals surface area (Å²) < 4.78 is 0. The smallest absolute Gasteiger partial charge is 0.336 e. The van der Waals surface area contributed by atoms with E-state index in [1.165, 1.54) is 11.3 Å². The van der Waals surface area contributed by atoms with E-state index in [0.29, 0.717) is 11.1 Å². The molecule has 2 aromatic rings. The van der Waals surface area contributed by atoms with Crippen LogP contribution in [0, 0.1) is 12.3 Å². The zero-order valence-electron chi connectivity index (χ0n) is 8.31. The molecule has 0 aliphatic carbocycles. The highest BCUT2D eigenvalue weighted by atomic mass is 32.1. The number of carbonyl (C=O) groups is 1. The minimum absolute atomic E-state index is 0.248. The van der Waals surface area contributed by atoms with Crippen LogP contribution in [0.15, 0.2) is 35.7 Å². The molecule has 1 aromatic heterocycles. The molecule has 1 N–H and O–H groups in total. The molecule has 0 saturated heterocycles. The first-order valence-corrected chi connectivity index (χ1v) is 5.49. The highest BCUT2D eigenvalue weighted by molar-refractivity contribution is 7.13. The molecule has 0 aliphatic rings. The molecule has 0 radical (unpaired) electrons. The Morgan fingerprint density at radius 3 is 2.69 bits per heavy atom. The molecule has 1 heterocycles. The third kappa shape index (κ3) is 1.71. The van der Waals surface area contributed by atoms with E-state index in [2.05, 4.69) is 5.92 Å². The molecule has 1 aromatic carbocycles. The first-order valence-electron chi connectivity index (χ1n) is 4.61. The minimum atomic E-state index is -0.958. The van der Waals surface area contributed by atoms with Crippen LogP contribution in [0.4, 0.5) is 0 Å². The summed E-state index contributed by atoms with van der Waals surface area (Å²) in [6, 6.07) is 8.72. The molecular formula is C13H8O2S. The van der Waals surface area contributed by atoms with E-state index < -0.39 is 5.97 Å². The summed E-state index contributed by atoms with van der Waals surface area (Å²) in [5.74, 6) is 1.56. The van der Waals surface area contributed by atoms with Crippen LogP contribution in [0.5, 0.6) is 0 Å². The second-order valence-electron chi connectivity index (χ2n) is 3.15. The van der Waals surface area contributed by atoms with Crippen LogP contribution in [0.25, 0.3) is 10.4 Å². The predicted octanol–water partition coefficient (Wildman–Crippen LogP) is 3.09. The summed E-state index contributed by atoms with van der Waals surface area (Å²) in [7, 11) is 0. The van der Waals surface area contributed by atoms with Crippen LogP contribution < -0.4 is 0 Å². The lowest BCUT2D eigenvalue weighted by atomic mass is 10.00. The van der Waals surface area contributed by atoms with Crippen molar-refractivity contribution in [2.24, 2.45) is 0 Å². The predicted molar refractivity (Wildman–Crippen MR) is 64.6 cm³/mol. The molecule has 3 heteroatoms. The SMILES string of the molecule is C#Cc1cccc(C(=O)O)c1-c1cccs1. The molecule has 0 bridgehead atoms. The Morgan fingerprint density at radius 1 is 1.31 bits per heavy atom. The quantitative estimate of drug-likeness (QED) is 0.802. The van der Waals surface area contributed by atoms with Gasteiger partial charge in [0.15, 0.2) is 0 Å². The normalized spacial score (nSPS) is 9.69. The maximum absolute atomic E-state index is 11.1. The molecule has 16 heavy (non-hydrogen) atoms. The van der Waals surface area contributed by atoms with Gasteiger partial charge in [0.1, 0.15) is 0 Å². The average molecular weight is 228 g/mol. The topological polar surface area (TPSA) is 37.3 Å². The molecule has 0 fully saturated rings. The molecule has 2 rings (SSSR count). The fourth-order valence-electron chi connectivity index (χ4n) is 1.54. The Labute approximate surface area is 97.2 Å². The van der Waals surface area contributed by atoms with Gasteiger partial charge in [0.25, 0.3) is 0 Å². The monoisotopic (exact) mass is 228 g/mol. The van der Waals surface area contributed by atoms with Gasteiger partial charge in [-0.1, -0.05) is 18.1 Å². The van der Waals surface area contributed by atoms with Crippen LogP contribution in [-0.2, 0) is 0 Å². The molecule has 0 atom stereocenters. The number of rotatable bonds is 2. The first-order chi connectivity index (χ1) is 7.74. The number of benzene rings is 1. The molecule has 0 saturated carbocycles. The summed E-state index contributed by atoms with van der Waals surface area (Å²) >= 11 is 1.48. The number of hydrogen-bond acceptors (Lipinski definition) is 2. The van der Waals surface area contributed by atoms with Crippen molar-refractivity contribution in [1.82, 2.24) is 0 Å². The fourth-order valence-corrected chi connectivity index (χ4v) is 2.34. The number of carboxylic acids is 1. The van der Waals surface area contributed by atoms with E-state index in [9.17, 15) is 4.79 Å². The standard InChI is InChI=1S/C13H8O2S/c1-2-9-5-3-6-10(13(14)15)12(9)11-7-4-8-16-11/h1,3-8H,(H,14,15). The first kappa shape index (κ1) is 10.5. The van der Waals surface area contributed by atoms with Crippen molar-refractivity contribution in [1.29, 1.82) is 0 Å². The van der Waals surface area contributed by atoms with Crippen LogP contribution in [-0.4, -0.2) is 11.1 Å². The molecule has 2 nitrogen and oxygen atoms in total.